The molecule has 0 aromatic carbocycles. The van der Waals surface area contributed by atoms with Gasteiger partial charge in [0.2, 0.25) is 0 Å². The average molecular weight is 356 g/mol. The Balaban J connectivity index is 4.71. The van der Waals surface area contributed by atoms with E-state index in [2.05, 4.69) is 0 Å². The molecule has 0 aromatic heterocycles. The van der Waals surface area contributed by atoms with Crippen molar-refractivity contribution in [3.8, 4) is 0 Å². The first-order chi connectivity index (χ1) is 12.2. The maximum atomic E-state index is 7.07. The van der Waals surface area contributed by atoms with Crippen LogP contribution in [0, 0.1) is 27.1 Å². The van der Waals surface area contributed by atoms with Crippen molar-refractivity contribution in [3.05, 3.63) is 0 Å². The van der Waals surface area contributed by atoms with E-state index in [1.54, 1.807) is 0 Å². The van der Waals surface area contributed by atoms with Gasteiger partial charge in [0.1, 0.15) is 0 Å². The highest BCUT2D eigenvalue weighted by Gasteiger charge is 2.32. The van der Waals surface area contributed by atoms with E-state index in [4.69, 9.17) is 40.6 Å². The van der Waals surface area contributed by atoms with Crippen LogP contribution < -0.4 is 0 Å². The molecule has 8 heteroatoms. The van der Waals surface area contributed by atoms with Gasteiger partial charge in [-0.15, -0.1) is 0 Å². The predicted octanol–water partition coefficient (Wildman–Crippen LogP) is 2.20. The lowest BCUT2D eigenvalue weighted by molar-refractivity contribution is -0.104. The Labute approximate surface area is 150 Å². The lowest BCUT2D eigenvalue weighted by Crippen LogP contribution is -2.42. The van der Waals surface area contributed by atoms with E-state index in [1.165, 1.54) is 24.9 Å². The van der Waals surface area contributed by atoms with Gasteiger partial charge in [0.25, 0.3) is 0 Å². The van der Waals surface area contributed by atoms with E-state index in [1.807, 2.05) is 0 Å². The van der Waals surface area contributed by atoms with Crippen molar-refractivity contribution >= 4 is 24.9 Å². The zero-order valence-electron chi connectivity index (χ0n) is 14.9. The first-order valence-electron chi connectivity index (χ1n) is 8.51. The molecule has 0 saturated carbocycles. The molecular formula is C17H32N4O4. The Kier molecular flexibility index (Phi) is 16.3. The van der Waals surface area contributed by atoms with Crippen molar-refractivity contribution in [2.75, 3.05) is 52.9 Å². The Bertz CT molecular complexity index is 297. The molecule has 0 rings (SSSR count). The quantitative estimate of drug-likeness (QED) is 0.197. The highest BCUT2D eigenvalue weighted by atomic mass is 16.5. The van der Waals surface area contributed by atoms with E-state index in [-0.39, 0.29) is 0 Å². The van der Waals surface area contributed by atoms with E-state index in [0.29, 0.717) is 78.5 Å². The molecule has 0 radical (unpaired) electrons. The van der Waals surface area contributed by atoms with Gasteiger partial charge in [-0.25, -0.2) is 0 Å². The fraction of sp³-hybridized carbons (Fsp3) is 0.765. The highest BCUT2D eigenvalue weighted by Crippen LogP contribution is 2.21. The Morgan fingerprint density at radius 1 is 0.480 bits per heavy atom. The third-order valence-corrected chi connectivity index (χ3v) is 3.26. The zero-order chi connectivity index (χ0) is 18.6. The van der Waals surface area contributed by atoms with Gasteiger partial charge in [0.05, 0.1) is 58.3 Å². The van der Waals surface area contributed by atoms with Gasteiger partial charge in [0.15, 0.2) is 0 Å². The number of ether oxygens (including phenoxy) is 4. The van der Waals surface area contributed by atoms with Crippen LogP contribution in [0.2, 0.25) is 0 Å². The standard InChI is InChI=1S/C17H32N4O4/c18-5-1-9-22-13-17(14-23-10-2-6-19,15-24-11-3-7-20)16-25-12-4-8-21/h5-8,18-21H,1-4,9-16H2. The zero-order valence-corrected chi connectivity index (χ0v) is 14.9. The summed E-state index contributed by atoms with van der Waals surface area (Å²) in [7, 11) is 0. The minimum absolute atomic E-state index is 0.376. The van der Waals surface area contributed by atoms with Crippen LogP contribution in [0.15, 0.2) is 0 Å². The Hall–Kier alpha value is -1.48. The summed E-state index contributed by atoms with van der Waals surface area (Å²) in [6, 6.07) is 0. The third-order valence-electron chi connectivity index (χ3n) is 3.26. The summed E-state index contributed by atoms with van der Waals surface area (Å²) in [5.74, 6) is 0. The average Bonchev–Trinajstić information content (AvgIpc) is 2.63. The van der Waals surface area contributed by atoms with Gasteiger partial charge in [0, 0.05) is 25.7 Å². The minimum atomic E-state index is -0.492. The van der Waals surface area contributed by atoms with Gasteiger partial charge < -0.3 is 40.6 Å². The molecule has 0 fully saturated rings. The normalized spacial score (nSPS) is 13.1. The molecule has 0 aromatic rings. The fourth-order valence-corrected chi connectivity index (χ4v) is 1.97. The molecular weight excluding hydrogens is 324 g/mol. The summed E-state index contributed by atoms with van der Waals surface area (Å²) in [6.45, 7) is 3.31. The van der Waals surface area contributed by atoms with E-state index >= 15 is 0 Å². The molecule has 0 aliphatic rings. The molecule has 0 bridgehead atoms. The van der Waals surface area contributed by atoms with Gasteiger partial charge in [-0.2, -0.15) is 0 Å². The first-order valence-corrected chi connectivity index (χ1v) is 8.51. The van der Waals surface area contributed by atoms with Crippen molar-refractivity contribution in [2.24, 2.45) is 5.41 Å². The Morgan fingerprint density at radius 3 is 0.920 bits per heavy atom. The molecule has 0 amide bonds. The molecule has 0 aliphatic carbocycles. The second-order valence-corrected chi connectivity index (χ2v) is 5.68. The molecule has 0 unspecified atom stereocenters. The van der Waals surface area contributed by atoms with E-state index in [9.17, 15) is 0 Å². The smallest absolute Gasteiger partial charge is 0.0637 e. The first kappa shape index (κ1) is 23.5. The molecule has 8 nitrogen and oxygen atoms in total. The van der Waals surface area contributed by atoms with Crippen LogP contribution in [0.1, 0.15) is 25.7 Å². The third kappa shape index (κ3) is 13.5. The van der Waals surface area contributed by atoms with Gasteiger partial charge in [-0.1, -0.05) is 0 Å². The molecule has 0 atom stereocenters. The topological polar surface area (TPSA) is 132 Å². The van der Waals surface area contributed by atoms with Crippen molar-refractivity contribution in [3.63, 3.8) is 0 Å². The van der Waals surface area contributed by atoms with Crippen molar-refractivity contribution in [1.82, 2.24) is 0 Å². The molecule has 144 valence electrons. The monoisotopic (exact) mass is 356 g/mol. The lowest BCUT2D eigenvalue weighted by Gasteiger charge is -2.33. The summed E-state index contributed by atoms with van der Waals surface area (Å²) >= 11 is 0. The summed E-state index contributed by atoms with van der Waals surface area (Å²) in [6.07, 6.45) is 7.43. The second kappa shape index (κ2) is 17.3. The van der Waals surface area contributed by atoms with Crippen LogP contribution in [0.3, 0.4) is 0 Å². The van der Waals surface area contributed by atoms with Gasteiger partial charge >= 0.3 is 0 Å². The highest BCUT2D eigenvalue weighted by molar-refractivity contribution is 5.53. The van der Waals surface area contributed by atoms with E-state index in [0.717, 1.165) is 0 Å². The van der Waals surface area contributed by atoms with Gasteiger partial charge in [-0.3, -0.25) is 0 Å². The summed E-state index contributed by atoms with van der Waals surface area (Å²) in [5, 5.41) is 28.3. The van der Waals surface area contributed by atoms with Crippen LogP contribution in [0.25, 0.3) is 0 Å². The molecule has 25 heavy (non-hydrogen) atoms. The van der Waals surface area contributed by atoms with Gasteiger partial charge in [-0.05, 0) is 24.9 Å². The SMILES string of the molecule is N=CCCOCC(COCCC=N)(COCCC=N)COCCC=N. The molecule has 0 spiro atoms. The largest absolute Gasteiger partial charge is 0.380 e. The van der Waals surface area contributed by atoms with Crippen LogP contribution in [0.5, 0.6) is 0 Å². The van der Waals surface area contributed by atoms with Crippen molar-refractivity contribution in [1.29, 1.82) is 21.6 Å². The molecule has 4 N–H and O–H groups in total. The fourth-order valence-electron chi connectivity index (χ4n) is 1.97. The lowest BCUT2D eigenvalue weighted by atomic mass is 9.92. The van der Waals surface area contributed by atoms with Crippen LogP contribution in [0.4, 0.5) is 0 Å². The number of rotatable bonds is 20. The Morgan fingerprint density at radius 2 is 0.720 bits per heavy atom. The summed E-state index contributed by atoms with van der Waals surface area (Å²) < 4.78 is 22.7. The number of hydrogen-bond donors (Lipinski definition) is 4. The number of hydrogen-bond acceptors (Lipinski definition) is 8. The number of nitrogens with one attached hydrogen (secondary N) is 4. The molecule has 0 aliphatic heterocycles. The minimum Gasteiger partial charge on any atom is -0.380 e. The van der Waals surface area contributed by atoms with Crippen LogP contribution in [-0.4, -0.2) is 77.7 Å². The van der Waals surface area contributed by atoms with Crippen molar-refractivity contribution < 1.29 is 18.9 Å². The maximum absolute atomic E-state index is 7.07. The second-order valence-electron chi connectivity index (χ2n) is 5.68. The van der Waals surface area contributed by atoms with E-state index < -0.39 is 5.41 Å². The molecule has 0 saturated heterocycles. The predicted molar refractivity (Wildman–Crippen MR) is 99.3 cm³/mol. The van der Waals surface area contributed by atoms with Crippen molar-refractivity contribution in [2.45, 2.75) is 25.7 Å². The van der Waals surface area contributed by atoms with Crippen LogP contribution in [-0.2, 0) is 18.9 Å². The van der Waals surface area contributed by atoms with Crippen LogP contribution >= 0.6 is 0 Å². The summed E-state index contributed by atoms with van der Waals surface area (Å²) in [4.78, 5) is 0. The molecule has 0 heterocycles. The maximum Gasteiger partial charge on any atom is 0.0637 e. The summed E-state index contributed by atoms with van der Waals surface area (Å²) in [5.41, 5.74) is -0.492.